The van der Waals surface area contributed by atoms with Crippen LogP contribution in [0, 0.1) is 6.92 Å². The van der Waals surface area contributed by atoms with Crippen molar-refractivity contribution in [1.82, 2.24) is 20.5 Å². The van der Waals surface area contributed by atoms with Gasteiger partial charge in [-0.3, -0.25) is 4.79 Å². The third kappa shape index (κ3) is 3.89. The Morgan fingerprint density at radius 1 is 1.32 bits per heavy atom. The number of carbonyl (C=O) groups excluding carboxylic acids is 1. The Morgan fingerprint density at radius 3 is 3.04 bits per heavy atom. The molecule has 0 saturated carbocycles. The molecular formula is C18H18N4O4S2. The van der Waals surface area contributed by atoms with E-state index in [0.717, 1.165) is 32.2 Å². The van der Waals surface area contributed by atoms with Crippen molar-refractivity contribution in [3.05, 3.63) is 23.2 Å². The molecule has 1 aliphatic heterocycles. The van der Waals surface area contributed by atoms with Gasteiger partial charge in [0.25, 0.3) is 0 Å². The smallest absolute Gasteiger partial charge is 0.231 e. The molecule has 0 aliphatic carbocycles. The van der Waals surface area contributed by atoms with Gasteiger partial charge in [-0.15, -0.1) is 21.5 Å². The molecule has 1 amide bonds. The van der Waals surface area contributed by atoms with Gasteiger partial charge in [-0.05, 0) is 25.1 Å². The summed E-state index contributed by atoms with van der Waals surface area (Å²) in [5.41, 5.74) is 2.40. The number of thioether (sulfide) groups is 1. The van der Waals surface area contributed by atoms with E-state index in [2.05, 4.69) is 20.5 Å². The first kappa shape index (κ1) is 18.9. The van der Waals surface area contributed by atoms with Gasteiger partial charge >= 0.3 is 0 Å². The monoisotopic (exact) mass is 418 g/mol. The second-order valence-electron chi connectivity index (χ2n) is 5.96. The fourth-order valence-electron chi connectivity index (χ4n) is 2.73. The van der Waals surface area contributed by atoms with E-state index in [1.54, 1.807) is 18.4 Å². The minimum absolute atomic E-state index is 0.0798. The van der Waals surface area contributed by atoms with Crippen molar-refractivity contribution in [3.8, 4) is 22.8 Å². The van der Waals surface area contributed by atoms with Crippen LogP contribution in [0.5, 0.6) is 11.5 Å². The number of ether oxygens (including phenoxy) is 3. The molecule has 1 N–H and O–H groups in total. The number of nitrogens with one attached hydrogen (secondary N) is 1. The van der Waals surface area contributed by atoms with Crippen LogP contribution in [0.2, 0.25) is 0 Å². The molecule has 2 aromatic heterocycles. The number of hydrogen-bond donors (Lipinski definition) is 1. The van der Waals surface area contributed by atoms with E-state index in [0.29, 0.717) is 23.9 Å². The topological polar surface area (TPSA) is 95.5 Å². The van der Waals surface area contributed by atoms with Crippen molar-refractivity contribution >= 4 is 39.2 Å². The number of rotatable bonds is 7. The van der Waals surface area contributed by atoms with Crippen LogP contribution in [0.4, 0.5) is 0 Å². The number of fused-ring (bicyclic) bond motifs is 2. The summed E-state index contributed by atoms with van der Waals surface area (Å²) in [5.74, 6) is 1.58. The van der Waals surface area contributed by atoms with E-state index < -0.39 is 0 Å². The molecule has 0 unspecified atom stereocenters. The first-order chi connectivity index (χ1) is 13.7. The highest BCUT2D eigenvalue weighted by Gasteiger charge is 2.19. The predicted molar refractivity (Wildman–Crippen MR) is 107 cm³/mol. The minimum atomic E-state index is -0.0798. The van der Waals surface area contributed by atoms with Crippen molar-refractivity contribution in [2.24, 2.45) is 0 Å². The summed E-state index contributed by atoms with van der Waals surface area (Å²) in [5, 5.41) is 13.1. The molecule has 0 spiro atoms. The second kappa shape index (κ2) is 8.29. The van der Waals surface area contributed by atoms with Gasteiger partial charge in [-0.2, -0.15) is 0 Å². The fraction of sp³-hybridized carbons (Fsp3) is 0.333. The van der Waals surface area contributed by atoms with Gasteiger partial charge in [0.2, 0.25) is 12.7 Å². The Labute approximate surface area is 169 Å². The van der Waals surface area contributed by atoms with Gasteiger partial charge in [0.15, 0.2) is 11.5 Å². The van der Waals surface area contributed by atoms with Crippen LogP contribution in [0.3, 0.4) is 0 Å². The molecular weight excluding hydrogens is 400 g/mol. The van der Waals surface area contributed by atoms with Crippen LogP contribution in [0.25, 0.3) is 21.5 Å². The van der Waals surface area contributed by atoms with Crippen LogP contribution in [-0.4, -0.2) is 53.9 Å². The lowest BCUT2D eigenvalue weighted by atomic mass is 10.1. The molecule has 0 fully saturated rings. The largest absolute Gasteiger partial charge is 0.454 e. The van der Waals surface area contributed by atoms with Gasteiger partial charge in [0, 0.05) is 19.2 Å². The normalized spacial score (nSPS) is 12.5. The van der Waals surface area contributed by atoms with Crippen molar-refractivity contribution in [1.29, 1.82) is 0 Å². The summed E-state index contributed by atoms with van der Waals surface area (Å²) in [7, 11) is 1.60. The molecule has 3 aromatic rings. The van der Waals surface area contributed by atoms with Crippen LogP contribution in [-0.2, 0) is 9.53 Å². The molecule has 4 rings (SSSR count). The quantitative estimate of drug-likeness (QED) is 0.462. The Kier molecular flexibility index (Phi) is 5.60. The summed E-state index contributed by atoms with van der Waals surface area (Å²) in [6.45, 7) is 3.13. The average molecular weight is 419 g/mol. The Hall–Kier alpha value is -2.43. The van der Waals surface area contributed by atoms with Crippen molar-refractivity contribution in [2.75, 3.05) is 32.8 Å². The maximum absolute atomic E-state index is 12.0. The second-order valence-corrected chi connectivity index (χ2v) is 8.13. The Balaban J connectivity index is 1.59. The number of benzene rings is 1. The number of aryl methyl sites for hydroxylation is 1. The van der Waals surface area contributed by atoms with Gasteiger partial charge in [0.1, 0.15) is 16.2 Å². The first-order valence-corrected chi connectivity index (χ1v) is 10.4. The number of methoxy groups -OCH3 is 1. The Bertz CT molecular complexity index is 1020. The molecule has 0 bridgehead atoms. The van der Waals surface area contributed by atoms with E-state index in [1.807, 2.05) is 25.1 Å². The minimum Gasteiger partial charge on any atom is -0.454 e. The van der Waals surface area contributed by atoms with Gasteiger partial charge < -0.3 is 19.5 Å². The highest BCUT2D eigenvalue weighted by atomic mass is 32.2. The summed E-state index contributed by atoms with van der Waals surface area (Å²) < 4.78 is 16.7. The number of carbonyl (C=O) groups is 1. The predicted octanol–water partition coefficient (Wildman–Crippen LogP) is 2.65. The van der Waals surface area contributed by atoms with Crippen molar-refractivity contribution < 1.29 is 19.0 Å². The molecule has 1 aliphatic rings. The highest BCUT2D eigenvalue weighted by Crippen LogP contribution is 2.39. The summed E-state index contributed by atoms with van der Waals surface area (Å²) in [6.07, 6.45) is 0. The molecule has 1 aromatic carbocycles. The lowest BCUT2D eigenvalue weighted by Crippen LogP contribution is -2.28. The van der Waals surface area contributed by atoms with Crippen LogP contribution < -0.4 is 14.8 Å². The van der Waals surface area contributed by atoms with Crippen LogP contribution >= 0.6 is 23.1 Å². The third-order valence-corrected chi connectivity index (χ3v) is 5.94. The standard InChI is InChI=1S/C18H18N4O4S2/c1-10-20-16-17(28-10)15(11-3-4-12-13(7-11)26-9-25-12)21-22-18(16)27-8-14(23)19-5-6-24-2/h3-4,7H,5-6,8-9H2,1-2H3,(H,19,23). The summed E-state index contributed by atoms with van der Waals surface area (Å²) in [4.78, 5) is 16.6. The Morgan fingerprint density at radius 2 is 2.18 bits per heavy atom. The van der Waals surface area contributed by atoms with E-state index in [4.69, 9.17) is 14.2 Å². The molecule has 10 heteroatoms. The van der Waals surface area contributed by atoms with Gasteiger partial charge in [-0.1, -0.05) is 11.8 Å². The number of aromatic nitrogens is 3. The molecule has 0 saturated heterocycles. The lowest BCUT2D eigenvalue weighted by molar-refractivity contribution is -0.118. The molecule has 146 valence electrons. The molecule has 8 nitrogen and oxygen atoms in total. The number of nitrogens with zero attached hydrogens (tertiary/aromatic N) is 3. The van der Waals surface area contributed by atoms with Gasteiger partial charge in [0.05, 0.1) is 22.1 Å². The zero-order chi connectivity index (χ0) is 19.5. The van der Waals surface area contributed by atoms with Crippen molar-refractivity contribution in [2.45, 2.75) is 11.9 Å². The number of hydrogen-bond acceptors (Lipinski definition) is 9. The lowest BCUT2D eigenvalue weighted by Gasteiger charge is -2.06. The van der Waals surface area contributed by atoms with E-state index >= 15 is 0 Å². The molecule has 3 heterocycles. The summed E-state index contributed by atoms with van der Waals surface area (Å²) in [6, 6.07) is 5.70. The zero-order valence-electron chi connectivity index (χ0n) is 15.4. The van der Waals surface area contributed by atoms with E-state index in [9.17, 15) is 4.79 Å². The number of thiazole rings is 1. The van der Waals surface area contributed by atoms with Crippen LogP contribution in [0.15, 0.2) is 23.2 Å². The third-order valence-electron chi connectivity index (χ3n) is 4.01. The van der Waals surface area contributed by atoms with Crippen LogP contribution in [0.1, 0.15) is 5.01 Å². The number of amides is 1. The highest BCUT2D eigenvalue weighted by molar-refractivity contribution is 8.00. The SMILES string of the molecule is COCCNC(=O)CSc1nnc(-c2ccc3c(c2)OCO3)c2sc(C)nc12. The van der Waals surface area contributed by atoms with Crippen molar-refractivity contribution in [3.63, 3.8) is 0 Å². The zero-order valence-corrected chi connectivity index (χ0v) is 17.0. The molecule has 0 radical (unpaired) electrons. The summed E-state index contributed by atoms with van der Waals surface area (Å²) >= 11 is 2.88. The first-order valence-electron chi connectivity index (χ1n) is 8.58. The van der Waals surface area contributed by atoms with Gasteiger partial charge in [-0.25, -0.2) is 4.98 Å². The molecule has 28 heavy (non-hydrogen) atoms. The van der Waals surface area contributed by atoms with E-state index in [-0.39, 0.29) is 18.5 Å². The molecule has 0 atom stereocenters. The maximum atomic E-state index is 12.0. The average Bonchev–Trinajstić information content (AvgIpc) is 3.31. The maximum Gasteiger partial charge on any atom is 0.231 e. The fourth-order valence-corrected chi connectivity index (χ4v) is 4.47. The van der Waals surface area contributed by atoms with E-state index in [1.165, 1.54) is 11.8 Å².